The van der Waals surface area contributed by atoms with E-state index < -0.39 is 23.8 Å². The number of benzene rings is 1. The molecule has 0 aliphatic carbocycles. The van der Waals surface area contributed by atoms with Crippen LogP contribution in [0.1, 0.15) is 75.6 Å². The van der Waals surface area contributed by atoms with E-state index in [4.69, 9.17) is 4.74 Å². The molecule has 2 aliphatic rings. The molecule has 1 aromatic rings. The molecule has 2 saturated heterocycles. The Bertz CT molecular complexity index is 977. The summed E-state index contributed by atoms with van der Waals surface area (Å²) in [5.74, 6) is -0.559. The van der Waals surface area contributed by atoms with Crippen LogP contribution >= 0.6 is 0 Å². The fourth-order valence-corrected chi connectivity index (χ4v) is 5.25. The van der Waals surface area contributed by atoms with E-state index in [2.05, 4.69) is 29.8 Å². The Labute approximate surface area is 237 Å². The Morgan fingerprint density at radius 3 is 2.50 bits per heavy atom. The fourth-order valence-electron chi connectivity index (χ4n) is 5.25. The molecule has 2 fully saturated rings. The average Bonchev–Trinajstić information content (AvgIpc) is 2.96. The quantitative estimate of drug-likeness (QED) is 0.258. The van der Waals surface area contributed by atoms with E-state index >= 15 is 0 Å². The number of nitrogens with one attached hydrogen (secondary N) is 3. The van der Waals surface area contributed by atoms with Crippen LogP contribution in [0.25, 0.3) is 0 Å². The molecule has 2 aliphatic heterocycles. The average molecular weight is 559 g/mol. The zero-order valence-electron chi connectivity index (χ0n) is 24.0. The Kier molecular flexibility index (Phi) is 12.7. The fraction of sp³-hybridized carbons (Fsp3) is 0.667. The van der Waals surface area contributed by atoms with Gasteiger partial charge in [0.15, 0.2) is 0 Å². The van der Waals surface area contributed by atoms with Crippen molar-refractivity contribution >= 4 is 23.7 Å². The maximum Gasteiger partial charge on any atom is 0.328 e. The van der Waals surface area contributed by atoms with Crippen molar-refractivity contribution in [1.82, 2.24) is 20.9 Å². The third-order valence-electron chi connectivity index (χ3n) is 7.76. The molecule has 4 N–H and O–H groups in total. The van der Waals surface area contributed by atoms with Crippen molar-refractivity contribution in [3.8, 4) is 5.75 Å². The van der Waals surface area contributed by atoms with Gasteiger partial charge >= 0.3 is 5.97 Å². The first-order valence-electron chi connectivity index (χ1n) is 14.8. The van der Waals surface area contributed by atoms with Crippen molar-refractivity contribution in [2.45, 2.75) is 71.3 Å². The van der Waals surface area contributed by atoms with E-state index in [1.165, 1.54) is 0 Å². The van der Waals surface area contributed by atoms with Crippen LogP contribution in [0.4, 0.5) is 0 Å². The first kappa shape index (κ1) is 31.4. The Hall–Kier alpha value is -3.14. The predicted octanol–water partition coefficient (Wildman–Crippen LogP) is 2.82. The van der Waals surface area contributed by atoms with Crippen LogP contribution in [0.2, 0.25) is 0 Å². The van der Waals surface area contributed by atoms with E-state index in [-0.39, 0.29) is 18.4 Å². The van der Waals surface area contributed by atoms with Crippen LogP contribution in [0, 0.1) is 17.8 Å². The number of hydrogen-bond donors (Lipinski definition) is 4. The summed E-state index contributed by atoms with van der Waals surface area (Å²) in [7, 11) is 0. The molecule has 2 heterocycles. The third-order valence-corrected chi connectivity index (χ3v) is 7.76. The molecule has 40 heavy (non-hydrogen) atoms. The molecule has 10 nitrogen and oxygen atoms in total. The van der Waals surface area contributed by atoms with E-state index in [0.29, 0.717) is 55.7 Å². The normalized spacial score (nSPS) is 18.7. The SMILES string of the molecule is CC(C)CCCOc1ccc(C(=O)N[C@@H](CNC(=O)[C@H]2CCCN(C(=O)CCC3CCNCC3)C2)C(=O)O)cc1. The summed E-state index contributed by atoms with van der Waals surface area (Å²) in [4.78, 5) is 51.9. The highest BCUT2D eigenvalue weighted by molar-refractivity contribution is 5.96. The lowest BCUT2D eigenvalue weighted by Gasteiger charge is -2.33. The molecular weight excluding hydrogens is 512 g/mol. The monoisotopic (exact) mass is 558 g/mol. The number of ether oxygens (including phenoxy) is 1. The summed E-state index contributed by atoms with van der Waals surface area (Å²) in [6, 6.07) is 5.26. The van der Waals surface area contributed by atoms with Gasteiger partial charge in [0.1, 0.15) is 11.8 Å². The number of hydrogen-bond acceptors (Lipinski definition) is 6. The van der Waals surface area contributed by atoms with Gasteiger partial charge < -0.3 is 30.7 Å². The van der Waals surface area contributed by atoms with Crippen molar-refractivity contribution in [2.24, 2.45) is 17.8 Å². The smallest absolute Gasteiger partial charge is 0.328 e. The molecule has 2 atom stereocenters. The van der Waals surface area contributed by atoms with Gasteiger partial charge in [-0.15, -0.1) is 0 Å². The minimum absolute atomic E-state index is 0.0821. The zero-order valence-corrected chi connectivity index (χ0v) is 24.0. The molecule has 222 valence electrons. The van der Waals surface area contributed by atoms with E-state index in [0.717, 1.165) is 51.6 Å². The van der Waals surface area contributed by atoms with Gasteiger partial charge in [0.05, 0.1) is 12.5 Å². The third kappa shape index (κ3) is 10.4. The summed E-state index contributed by atoms with van der Waals surface area (Å²) >= 11 is 0. The van der Waals surface area contributed by atoms with Crippen LogP contribution in [-0.4, -0.2) is 79.1 Å². The Morgan fingerprint density at radius 2 is 1.82 bits per heavy atom. The number of carbonyl (C=O) groups excluding carboxylic acids is 3. The van der Waals surface area contributed by atoms with E-state index in [9.17, 15) is 24.3 Å². The number of carbonyl (C=O) groups is 4. The lowest BCUT2D eigenvalue weighted by Crippen LogP contribution is -2.51. The van der Waals surface area contributed by atoms with Gasteiger partial charge in [0, 0.05) is 31.6 Å². The highest BCUT2D eigenvalue weighted by Crippen LogP contribution is 2.21. The topological polar surface area (TPSA) is 137 Å². The molecule has 0 bridgehead atoms. The summed E-state index contributed by atoms with van der Waals surface area (Å²) in [6.07, 6.45) is 6.95. The minimum atomic E-state index is -1.28. The number of carboxylic acid groups (broad SMARTS) is 1. The van der Waals surface area contributed by atoms with Crippen molar-refractivity contribution in [1.29, 1.82) is 0 Å². The van der Waals surface area contributed by atoms with Crippen LogP contribution in [0.5, 0.6) is 5.75 Å². The van der Waals surface area contributed by atoms with Gasteiger partial charge in [0.2, 0.25) is 11.8 Å². The lowest BCUT2D eigenvalue weighted by molar-refractivity contribution is -0.139. The zero-order chi connectivity index (χ0) is 28.9. The number of carboxylic acids is 1. The number of amides is 3. The lowest BCUT2D eigenvalue weighted by atomic mass is 9.92. The molecule has 0 aromatic heterocycles. The number of likely N-dealkylation sites (tertiary alicyclic amines) is 1. The van der Waals surface area contributed by atoms with Crippen molar-refractivity contribution in [3.05, 3.63) is 29.8 Å². The maximum absolute atomic E-state index is 12.9. The molecular formula is C30H46N4O6. The largest absolute Gasteiger partial charge is 0.494 e. The minimum Gasteiger partial charge on any atom is -0.494 e. The number of nitrogens with zero attached hydrogens (tertiary/aromatic N) is 1. The predicted molar refractivity (Wildman–Crippen MR) is 152 cm³/mol. The Morgan fingerprint density at radius 1 is 1.10 bits per heavy atom. The molecule has 0 saturated carbocycles. The number of rotatable bonds is 14. The van der Waals surface area contributed by atoms with Gasteiger partial charge in [-0.3, -0.25) is 14.4 Å². The maximum atomic E-state index is 12.9. The molecule has 0 spiro atoms. The summed E-state index contributed by atoms with van der Waals surface area (Å²) in [6.45, 7) is 7.66. The van der Waals surface area contributed by atoms with Crippen LogP contribution < -0.4 is 20.7 Å². The van der Waals surface area contributed by atoms with Gasteiger partial charge in [0.25, 0.3) is 5.91 Å². The standard InChI is InChI=1S/C30H46N4O6/c1-21(2)5-4-18-40-25-10-8-23(9-11-25)29(37)33-26(30(38)39)19-32-28(36)24-6-3-17-34(20-24)27(35)12-7-22-13-15-31-16-14-22/h8-11,21-22,24,26,31H,3-7,12-20H2,1-2H3,(H,32,36)(H,33,37)(H,38,39)/t24-,26-/m0/s1. The highest BCUT2D eigenvalue weighted by Gasteiger charge is 2.30. The van der Waals surface area contributed by atoms with E-state index in [1.54, 1.807) is 29.2 Å². The van der Waals surface area contributed by atoms with Gasteiger partial charge in [-0.2, -0.15) is 0 Å². The van der Waals surface area contributed by atoms with Crippen LogP contribution in [-0.2, 0) is 14.4 Å². The second kappa shape index (κ2) is 16.2. The Balaban J connectivity index is 1.43. The molecule has 0 unspecified atom stereocenters. The molecule has 3 amide bonds. The summed E-state index contributed by atoms with van der Waals surface area (Å²) < 4.78 is 5.70. The van der Waals surface area contributed by atoms with Crippen molar-refractivity contribution in [2.75, 3.05) is 39.3 Å². The molecule has 10 heteroatoms. The molecule has 0 radical (unpaired) electrons. The van der Waals surface area contributed by atoms with Crippen LogP contribution in [0.15, 0.2) is 24.3 Å². The number of piperidine rings is 2. The molecule has 3 rings (SSSR count). The van der Waals surface area contributed by atoms with Gasteiger partial charge in [-0.1, -0.05) is 13.8 Å². The van der Waals surface area contributed by atoms with Gasteiger partial charge in [-0.25, -0.2) is 4.79 Å². The molecule has 1 aromatic carbocycles. The van der Waals surface area contributed by atoms with Crippen molar-refractivity contribution in [3.63, 3.8) is 0 Å². The highest BCUT2D eigenvalue weighted by atomic mass is 16.5. The van der Waals surface area contributed by atoms with E-state index in [1.807, 2.05) is 0 Å². The van der Waals surface area contributed by atoms with Crippen molar-refractivity contribution < 1.29 is 29.0 Å². The van der Waals surface area contributed by atoms with Crippen LogP contribution in [0.3, 0.4) is 0 Å². The summed E-state index contributed by atoms with van der Waals surface area (Å²) in [5.41, 5.74) is 0.304. The second-order valence-corrected chi connectivity index (χ2v) is 11.4. The number of aliphatic carboxylic acids is 1. The van der Waals surface area contributed by atoms with Gasteiger partial charge in [-0.05, 0) is 94.1 Å². The summed E-state index contributed by atoms with van der Waals surface area (Å²) in [5, 5.41) is 18.1. The second-order valence-electron chi connectivity index (χ2n) is 11.4. The first-order chi connectivity index (χ1) is 19.2. The first-order valence-corrected chi connectivity index (χ1v) is 14.8.